The zero-order valence-electron chi connectivity index (χ0n) is 10.7. The second kappa shape index (κ2) is 5.04. The van der Waals surface area contributed by atoms with E-state index in [0.717, 1.165) is 23.0 Å². The highest BCUT2D eigenvalue weighted by Gasteiger charge is 2.11. The second-order valence-corrected chi connectivity index (χ2v) is 4.34. The van der Waals surface area contributed by atoms with Crippen LogP contribution in [0.4, 0.5) is 5.69 Å². The third-order valence-corrected chi connectivity index (χ3v) is 2.74. The summed E-state index contributed by atoms with van der Waals surface area (Å²) >= 11 is 0. The smallest absolute Gasteiger partial charge is 0.252 e. The molecule has 1 aromatic heterocycles. The van der Waals surface area contributed by atoms with Gasteiger partial charge in [-0.2, -0.15) is 0 Å². The number of aryl methyl sites for hydroxylation is 1. The number of amides is 1. The minimum atomic E-state index is -0.0713. The summed E-state index contributed by atoms with van der Waals surface area (Å²) in [5.41, 5.74) is 8.67. The normalized spacial score (nSPS) is 10.6. The first-order valence-electron chi connectivity index (χ1n) is 6.07. The van der Waals surface area contributed by atoms with Gasteiger partial charge in [-0.1, -0.05) is 6.92 Å². The van der Waals surface area contributed by atoms with Crippen molar-refractivity contribution in [1.29, 1.82) is 0 Å². The molecule has 0 spiro atoms. The lowest BCUT2D eigenvalue weighted by molar-refractivity contribution is 0.0955. The summed E-state index contributed by atoms with van der Waals surface area (Å²) in [6.07, 6.45) is 0.913. The summed E-state index contributed by atoms with van der Waals surface area (Å²) < 4.78 is 0. The maximum Gasteiger partial charge on any atom is 0.252 e. The second-order valence-electron chi connectivity index (χ2n) is 4.34. The zero-order chi connectivity index (χ0) is 13.1. The quantitative estimate of drug-likeness (QED) is 0.812. The summed E-state index contributed by atoms with van der Waals surface area (Å²) in [4.78, 5) is 16.5. The fourth-order valence-corrected chi connectivity index (χ4v) is 1.90. The van der Waals surface area contributed by atoms with Gasteiger partial charge in [0.05, 0.1) is 11.1 Å². The first kappa shape index (κ1) is 12.4. The topological polar surface area (TPSA) is 68.0 Å². The van der Waals surface area contributed by atoms with Crippen molar-refractivity contribution < 1.29 is 4.79 Å². The fraction of sp³-hybridized carbons (Fsp3) is 0.286. The number of nitrogen functional groups attached to an aromatic ring is 1. The van der Waals surface area contributed by atoms with Crippen LogP contribution in [-0.2, 0) is 0 Å². The molecule has 0 aliphatic rings. The Kier molecular flexibility index (Phi) is 3.46. The van der Waals surface area contributed by atoms with E-state index in [1.54, 1.807) is 18.2 Å². The Morgan fingerprint density at radius 1 is 1.39 bits per heavy atom. The Labute approximate surface area is 106 Å². The minimum absolute atomic E-state index is 0.0713. The number of nitrogens with zero attached hydrogens (tertiary/aromatic N) is 1. The molecule has 0 atom stereocenters. The van der Waals surface area contributed by atoms with Crippen LogP contribution in [0.15, 0.2) is 24.3 Å². The van der Waals surface area contributed by atoms with Crippen molar-refractivity contribution in [3.8, 4) is 0 Å². The molecule has 1 heterocycles. The number of fused-ring (bicyclic) bond motifs is 1. The number of hydrogen-bond acceptors (Lipinski definition) is 3. The molecule has 1 aromatic carbocycles. The van der Waals surface area contributed by atoms with Crippen LogP contribution >= 0.6 is 0 Å². The molecule has 0 saturated heterocycles. The Balaban J connectivity index is 2.54. The molecular weight excluding hydrogens is 226 g/mol. The van der Waals surface area contributed by atoms with Crippen LogP contribution in [0, 0.1) is 6.92 Å². The molecule has 0 aliphatic carbocycles. The van der Waals surface area contributed by atoms with Crippen LogP contribution in [-0.4, -0.2) is 17.4 Å². The fourth-order valence-electron chi connectivity index (χ4n) is 1.90. The van der Waals surface area contributed by atoms with Gasteiger partial charge in [0, 0.05) is 23.3 Å². The van der Waals surface area contributed by atoms with Gasteiger partial charge in [-0.15, -0.1) is 0 Å². The first-order chi connectivity index (χ1) is 8.61. The number of benzene rings is 1. The Bertz CT molecular complexity index is 593. The molecule has 0 bridgehead atoms. The van der Waals surface area contributed by atoms with E-state index in [2.05, 4.69) is 10.3 Å². The minimum Gasteiger partial charge on any atom is -0.399 e. The average molecular weight is 243 g/mol. The molecule has 2 aromatic rings. The monoisotopic (exact) mass is 243 g/mol. The van der Waals surface area contributed by atoms with Crippen LogP contribution in [0.25, 0.3) is 10.9 Å². The van der Waals surface area contributed by atoms with Gasteiger partial charge in [-0.25, -0.2) is 0 Å². The Morgan fingerprint density at radius 2 is 2.17 bits per heavy atom. The number of rotatable bonds is 3. The zero-order valence-corrected chi connectivity index (χ0v) is 10.7. The van der Waals surface area contributed by atoms with E-state index in [1.807, 2.05) is 19.9 Å². The van der Waals surface area contributed by atoms with Crippen LogP contribution in [0.5, 0.6) is 0 Å². The van der Waals surface area contributed by atoms with E-state index in [-0.39, 0.29) is 5.91 Å². The van der Waals surface area contributed by atoms with Crippen LogP contribution in [0.2, 0.25) is 0 Å². The predicted molar refractivity (Wildman–Crippen MR) is 73.5 cm³/mol. The lowest BCUT2D eigenvalue weighted by Gasteiger charge is -2.09. The van der Waals surface area contributed by atoms with Crippen LogP contribution < -0.4 is 11.1 Å². The number of nitrogens with one attached hydrogen (secondary N) is 1. The Morgan fingerprint density at radius 3 is 2.89 bits per heavy atom. The lowest BCUT2D eigenvalue weighted by atomic mass is 10.1. The van der Waals surface area contributed by atoms with E-state index in [0.29, 0.717) is 17.8 Å². The van der Waals surface area contributed by atoms with Crippen molar-refractivity contribution in [3.63, 3.8) is 0 Å². The van der Waals surface area contributed by atoms with E-state index in [9.17, 15) is 4.79 Å². The molecule has 0 radical (unpaired) electrons. The molecule has 0 fully saturated rings. The standard InChI is InChI=1S/C14H17N3O/c1-3-6-16-14(18)12-7-9(2)17-13-5-4-10(15)8-11(12)13/h4-5,7-8H,3,6,15H2,1-2H3,(H,16,18). The molecule has 1 amide bonds. The SMILES string of the molecule is CCCNC(=O)c1cc(C)nc2ccc(N)cc12. The number of nitrogens with two attached hydrogens (primary N) is 1. The van der Waals surface area contributed by atoms with Crippen LogP contribution in [0.3, 0.4) is 0 Å². The number of anilines is 1. The predicted octanol–water partition coefficient (Wildman–Crippen LogP) is 2.27. The van der Waals surface area contributed by atoms with Crippen molar-refractivity contribution in [2.24, 2.45) is 0 Å². The molecule has 0 saturated carbocycles. The maximum absolute atomic E-state index is 12.1. The molecule has 4 nitrogen and oxygen atoms in total. The largest absolute Gasteiger partial charge is 0.399 e. The molecular formula is C14H17N3O. The third-order valence-electron chi connectivity index (χ3n) is 2.74. The molecule has 0 unspecified atom stereocenters. The van der Waals surface area contributed by atoms with Crippen molar-refractivity contribution in [2.75, 3.05) is 12.3 Å². The van der Waals surface area contributed by atoms with Gasteiger partial charge in [0.1, 0.15) is 0 Å². The highest BCUT2D eigenvalue weighted by Crippen LogP contribution is 2.21. The van der Waals surface area contributed by atoms with Crippen molar-refractivity contribution in [2.45, 2.75) is 20.3 Å². The van der Waals surface area contributed by atoms with Crippen LogP contribution in [0.1, 0.15) is 29.4 Å². The van der Waals surface area contributed by atoms with E-state index >= 15 is 0 Å². The van der Waals surface area contributed by atoms with Gasteiger partial charge in [0.25, 0.3) is 5.91 Å². The van der Waals surface area contributed by atoms with Gasteiger partial charge in [-0.05, 0) is 37.6 Å². The van der Waals surface area contributed by atoms with Gasteiger partial charge in [0.2, 0.25) is 0 Å². The van der Waals surface area contributed by atoms with E-state index in [1.165, 1.54) is 0 Å². The van der Waals surface area contributed by atoms with Gasteiger partial charge in [0.15, 0.2) is 0 Å². The molecule has 2 rings (SSSR count). The number of hydrogen-bond donors (Lipinski definition) is 2. The van der Waals surface area contributed by atoms with E-state index < -0.39 is 0 Å². The summed E-state index contributed by atoms with van der Waals surface area (Å²) in [6, 6.07) is 7.23. The van der Waals surface area contributed by atoms with Crippen molar-refractivity contribution >= 4 is 22.5 Å². The summed E-state index contributed by atoms with van der Waals surface area (Å²) in [6.45, 7) is 4.57. The third kappa shape index (κ3) is 2.42. The first-order valence-corrected chi connectivity index (χ1v) is 6.07. The van der Waals surface area contributed by atoms with Gasteiger partial charge < -0.3 is 11.1 Å². The maximum atomic E-state index is 12.1. The number of aromatic nitrogens is 1. The Hall–Kier alpha value is -2.10. The van der Waals surface area contributed by atoms with Crippen molar-refractivity contribution in [1.82, 2.24) is 10.3 Å². The average Bonchev–Trinajstić information content (AvgIpc) is 2.35. The number of pyridine rings is 1. The highest BCUT2D eigenvalue weighted by atomic mass is 16.1. The van der Waals surface area contributed by atoms with Gasteiger partial charge in [-0.3, -0.25) is 9.78 Å². The molecule has 0 aliphatic heterocycles. The molecule has 18 heavy (non-hydrogen) atoms. The highest BCUT2D eigenvalue weighted by molar-refractivity contribution is 6.06. The van der Waals surface area contributed by atoms with E-state index in [4.69, 9.17) is 5.73 Å². The van der Waals surface area contributed by atoms with Gasteiger partial charge >= 0.3 is 0 Å². The molecule has 4 heteroatoms. The lowest BCUT2D eigenvalue weighted by Crippen LogP contribution is -2.24. The summed E-state index contributed by atoms with van der Waals surface area (Å²) in [5.74, 6) is -0.0713. The molecule has 3 N–H and O–H groups in total. The number of carbonyl (C=O) groups is 1. The summed E-state index contributed by atoms with van der Waals surface area (Å²) in [5, 5.41) is 3.68. The molecule has 94 valence electrons. The number of carbonyl (C=O) groups excluding carboxylic acids is 1. The van der Waals surface area contributed by atoms with Crippen molar-refractivity contribution in [3.05, 3.63) is 35.5 Å². The summed E-state index contributed by atoms with van der Waals surface area (Å²) in [7, 11) is 0.